The third-order valence-corrected chi connectivity index (χ3v) is 3.68. The first kappa shape index (κ1) is 13.1. The molecule has 2 aromatic rings. The summed E-state index contributed by atoms with van der Waals surface area (Å²) < 4.78 is 6.17. The quantitative estimate of drug-likeness (QED) is 0.815. The Balaban J connectivity index is 2.03. The van der Waals surface area contributed by atoms with Gasteiger partial charge in [0.05, 0.1) is 18.5 Å². The van der Waals surface area contributed by atoms with E-state index in [1.165, 1.54) is 0 Å². The molecule has 100 valence electrons. The van der Waals surface area contributed by atoms with Gasteiger partial charge in [-0.05, 0) is 65.1 Å². The first-order valence-corrected chi connectivity index (χ1v) is 7.09. The molecule has 3 rings (SSSR count). The summed E-state index contributed by atoms with van der Waals surface area (Å²) in [4.78, 5) is 16.4. The predicted octanol–water partition coefficient (Wildman–Crippen LogP) is 3.37. The number of carbonyl (C=O) groups is 1. The summed E-state index contributed by atoms with van der Waals surface area (Å²) in [5.41, 5.74) is 2.83. The zero-order valence-electron chi connectivity index (χ0n) is 10.7. The van der Waals surface area contributed by atoms with Crippen molar-refractivity contribution in [1.29, 1.82) is 0 Å². The Kier molecular flexibility index (Phi) is 3.43. The molecule has 1 aliphatic rings. The minimum Gasteiger partial charge on any atom is -0.497 e. The highest BCUT2D eigenvalue weighted by Gasteiger charge is 2.25. The maximum absolute atomic E-state index is 12.0. The lowest BCUT2D eigenvalue weighted by atomic mass is 10.1. The van der Waals surface area contributed by atoms with Crippen molar-refractivity contribution in [3.05, 3.63) is 51.6 Å². The van der Waals surface area contributed by atoms with Gasteiger partial charge in [-0.2, -0.15) is 0 Å². The minimum atomic E-state index is -0.169. The van der Waals surface area contributed by atoms with Gasteiger partial charge in [0.25, 0.3) is 5.91 Å². The van der Waals surface area contributed by atoms with Gasteiger partial charge in [0.1, 0.15) is 11.5 Å². The van der Waals surface area contributed by atoms with Crippen LogP contribution in [-0.4, -0.2) is 18.7 Å². The molecule has 5 heteroatoms. The number of methoxy groups -OCH3 is 1. The smallest absolute Gasteiger partial charge is 0.275 e. The molecule has 2 aromatic carbocycles. The van der Waals surface area contributed by atoms with Crippen LogP contribution >= 0.6 is 22.6 Å². The molecule has 1 N–H and O–H groups in total. The van der Waals surface area contributed by atoms with Crippen molar-refractivity contribution in [2.75, 3.05) is 12.4 Å². The van der Waals surface area contributed by atoms with E-state index in [2.05, 4.69) is 32.9 Å². The fourth-order valence-corrected chi connectivity index (χ4v) is 2.51. The molecule has 0 saturated heterocycles. The van der Waals surface area contributed by atoms with E-state index in [1.807, 2.05) is 42.5 Å². The number of amides is 1. The number of halogens is 1. The zero-order valence-corrected chi connectivity index (χ0v) is 12.8. The monoisotopic (exact) mass is 378 g/mol. The summed E-state index contributed by atoms with van der Waals surface area (Å²) in [5, 5.41) is 2.82. The third kappa shape index (κ3) is 2.40. The second-order valence-electron chi connectivity index (χ2n) is 4.30. The van der Waals surface area contributed by atoms with Gasteiger partial charge < -0.3 is 10.1 Å². The van der Waals surface area contributed by atoms with Crippen molar-refractivity contribution >= 4 is 45.6 Å². The Bertz CT molecular complexity index is 708. The van der Waals surface area contributed by atoms with E-state index in [-0.39, 0.29) is 5.91 Å². The first-order chi connectivity index (χ1) is 9.67. The number of benzene rings is 2. The number of rotatable bonds is 2. The van der Waals surface area contributed by atoms with Gasteiger partial charge in [0.2, 0.25) is 0 Å². The zero-order chi connectivity index (χ0) is 14.1. The van der Waals surface area contributed by atoms with Gasteiger partial charge in [-0.15, -0.1) is 0 Å². The number of anilines is 1. The van der Waals surface area contributed by atoms with Crippen molar-refractivity contribution in [2.45, 2.75) is 0 Å². The highest BCUT2D eigenvalue weighted by atomic mass is 127. The lowest BCUT2D eigenvalue weighted by molar-refractivity contribution is -0.110. The van der Waals surface area contributed by atoms with E-state index in [0.29, 0.717) is 5.71 Å². The van der Waals surface area contributed by atoms with Crippen LogP contribution in [0.5, 0.6) is 5.75 Å². The topological polar surface area (TPSA) is 50.7 Å². The van der Waals surface area contributed by atoms with Crippen LogP contribution in [0.1, 0.15) is 5.56 Å². The number of fused-ring (bicyclic) bond motifs is 1. The van der Waals surface area contributed by atoms with Gasteiger partial charge in [-0.25, -0.2) is 4.99 Å². The minimum absolute atomic E-state index is 0.169. The molecule has 0 fully saturated rings. The van der Waals surface area contributed by atoms with Crippen LogP contribution in [0.25, 0.3) is 0 Å². The second kappa shape index (κ2) is 5.24. The highest BCUT2D eigenvalue weighted by Crippen LogP contribution is 2.27. The molecule has 0 spiro atoms. The van der Waals surface area contributed by atoms with E-state index in [4.69, 9.17) is 4.74 Å². The second-order valence-corrected chi connectivity index (χ2v) is 5.55. The highest BCUT2D eigenvalue weighted by molar-refractivity contribution is 14.1. The average molecular weight is 378 g/mol. The van der Waals surface area contributed by atoms with Crippen molar-refractivity contribution in [2.24, 2.45) is 4.99 Å². The molecule has 20 heavy (non-hydrogen) atoms. The molecule has 0 aliphatic carbocycles. The van der Waals surface area contributed by atoms with Gasteiger partial charge in [0.15, 0.2) is 0 Å². The first-order valence-electron chi connectivity index (χ1n) is 6.01. The lowest BCUT2D eigenvalue weighted by Gasteiger charge is -2.01. The van der Waals surface area contributed by atoms with Crippen molar-refractivity contribution in [1.82, 2.24) is 0 Å². The molecule has 1 aliphatic heterocycles. The maximum atomic E-state index is 12.0. The molecule has 0 bridgehead atoms. The maximum Gasteiger partial charge on any atom is 0.275 e. The predicted molar refractivity (Wildman–Crippen MR) is 87.0 cm³/mol. The van der Waals surface area contributed by atoms with Crippen LogP contribution in [0.4, 0.5) is 11.4 Å². The number of hydrogen-bond donors (Lipinski definition) is 1. The summed E-state index contributed by atoms with van der Waals surface area (Å²) in [6.07, 6.45) is 0. The van der Waals surface area contributed by atoms with E-state index < -0.39 is 0 Å². The number of nitrogens with zero attached hydrogens (tertiary/aromatic N) is 1. The van der Waals surface area contributed by atoms with E-state index in [0.717, 1.165) is 26.3 Å². The molecule has 0 atom stereocenters. The number of hydrogen-bond acceptors (Lipinski definition) is 3. The molecule has 0 unspecified atom stereocenters. The molecule has 0 saturated carbocycles. The van der Waals surface area contributed by atoms with Crippen molar-refractivity contribution in [3.63, 3.8) is 0 Å². The number of ether oxygens (including phenoxy) is 1. The standard InChI is InChI=1S/C15H11IN2O2/c1-20-11-5-3-10(4-6-11)17-14-12-8-9(16)2-7-13(12)18-15(14)19/h2-8H,1H3,(H,17,18,19). The summed E-state index contributed by atoms with van der Waals surface area (Å²) in [7, 11) is 1.61. The van der Waals surface area contributed by atoms with Crippen LogP contribution < -0.4 is 10.1 Å². The van der Waals surface area contributed by atoms with Gasteiger partial charge in [0, 0.05) is 9.13 Å². The molecular weight excluding hydrogens is 367 g/mol. The normalized spacial score (nSPS) is 15.1. The van der Waals surface area contributed by atoms with Crippen molar-refractivity contribution in [3.8, 4) is 5.75 Å². The SMILES string of the molecule is COc1ccc(N=C2C(=O)Nc3ccc(I)cc32)cc1. The van der Waals surface area contributed by atoms with E-state index in [1.54, 1.807) is 7.11 Å². The number of aliphatic imine (C=N–C) groups is 1. The van der Waals surface area contributed by atoms with Crippen LogP contribution in [0.2, 0.25) is 0 Å². The van der Waals surface area contributed by atoms with E-state index in [9.17, 15) is 4.79 Å². The summed E-state index contributed by atoms with van der Waals surface area (Å²) in [5.74, 6) is 0.595. The van der Waals surface area contributed by atoms with Gasteiger partial charge in [-0.1, -0.05) is 0 Å². The fraction of sp³-hybridized carbons (Fsp3) is 0.0667. The van der Waals surface area contributed by atoms with Crippen LogP contribution in [0.15, 0.2) is 47.5 Å². The van der Waals surface area contributed by atoms with Crippen LogP contribution in [0.3, 0.4) is 0 Å². The molecule has 1 heterocycles. The van der Waals surface area contributed by atoms with Crippen LogP contribution in [0, 0.1) is 3.57 Å². The molecule has 1 amide bonds. The Hall–Kier alpha value is -1.89. The Labute approximate surface area is 130 Å². The Morgan fingerprint density at radius 3 is 2.60 bits per heavy atom. The third-order valence-electron chi connectivity index (χ3n) is 3.01. The van der Waals surface area contributed by atoms with Gasteiger partial charge in [-0.3, -0.25) is 4.79 Å². The number of carbonyl (C=O) groups excluding carboxylic acids is 1. The van der Waals surface area contributed by atoms with Gasteiger partial charge >= 0.3 is 0 Å². The summed E-state index contributed by atoms with van der Waals surface area (Å²) >= 11 is 2.22. The molecule has 0 radical (unpaired) electrons. The Morgan fingerprint density at radius 1 is 1.15 bits per heavy atom. The Morgan fingerprint density at radius 2 is 1.90 bits per heavy atom. The summed E-state index contributed by atoms with van der Waals surface area (Å²) in [6.45, 7) is 0. The lowest BCUT2D eigenvalue weighted by Crippen LogP contribution is -2.13. The molecular formula is C15H11IN2O2. The number of nitrogens with one attached hydrogen (secondary N) is 1. The van der Waals surface area contributed by atoms with Crippen LogP contribution in [-0.2, 0) is 4.79 Å². The largest absolute Gasteiger partial charge is 0.497 e. The molecule has 4 nitrogen and oxygen atoms in total. The average Bonchev–Trinajstić information content (AvgIpc) is 2.76. The van der Waals surface area contributed by atoms with Crippen molar-refractivity contribution < 1.29 is 9.53 Å². The molecule has 0 aromatic heterocycles. The summed E-state index contributed by atoms with van der Waals surface area (Å²) in [6, 6.07) is 13.1. The fourth-order valence-electron chi connectivity index (χ4n) is 2.02. The van der Waals surface area contributed by atoms with E-state index >= 15 is 0 Å².